The zero-order valence-corrected chi connectivity index (χ0v) is 11.2. The highest BCUT2D eigenvalue weighted by molar-refractivity contribution is 5.85. The molecule has 1 unspecified atom stereocenters. The van der Waals surface area contributed by atoms with Crippen molar-refractivity contribution in [3.63, 3.8) is 0 Å². The number of hydrogen-bond donors (Lipinski definition) is 1. The fourth-order valence-electron chi connectivity index (χ4n) is 2.16. The molecule has 1 saturated heterocycles. The molecule has 0 radical (unpaired) electrons. The summed E-state index contributed by atoms with van der Waals surface area (Å²) in [6.45, 7) is 5.62. The van der Waals surface area contributed by atoms with Gasteiger partial charge in [-0.05, 0) is 6.92 Å². The van der Waals surface area contributed by atoms with Crippen molar-refractivity contribution in [1.82, 2.24) is 10.2 Å². The monoisotopic (exact) mass is 271 g/mol. The average molecular weight is 272 g/mol. The van der Waals surface area contributed by atoms with Gasteiger partial charge < -0.3 is 5.32 Å². The van der Waals surface area contributed by atoms with Crippen LogP contribution < -0.4 is 5.32 Å². The Bertz CT molecular complexity index is 414. The van der Waals surface area contributed by atoms with Crippen molar-refractivity contribution >= 4 is 18.1 Å². The third-order valence-electron chi connectivity index (χ3n) is 3.20. The summed E-state index contributed by atoms with van der Waals surface area (Å²) < 4.78 is 0. The Labute approximate surface area is 113 Å². The van der Waals surface area contributed by atoms with Crippen molar-refractivity contribution in [3.05, 3.63) is 39.9 Å². The van der Waals surface area contributed by atoms with Crippen molar-refractivity contribution in [2.24, 2.45) is 0 Å². The molecule has 0 spiro atoms. The quantitative estimate of drug-likeness (QED) is 0.673. The van der Waals surface area contributed by atoms with Crippen molar-refractivity contribution in [2.75, 3.05) is 19.6 Å². The van der Waals surface area contributed by atoms with E-state index in [0.717, 1.165) is 25.2 Å². The van der Waals surface area contributed by atoms with Gasteiger partial charge in [0.25, 0.3) is 5.69 Å². The molecule has 0 amide bonds. The number of nitrogens with one attached hydrogen (secondary N) is 1. The minimum Gasteiger partial charge on any atom is -0.314 e. The fourth-order valence-corrected chi connectivity index (χ4v) is 2.16. The maximum Gasteiger partial charge on any atom is 0.273 e. The summed E-state index contributed by atoms with van der Waals surface area (Å²) in [6, 6.07) is 7.40. The Balaban J connectivity index is 0.00000162. The second-order valence-corrected chi connectivity index (χ2v) is 4.41. The van der Waals surface area contributed by atoms with Crippen molar-refractivity contribution < 1.29 is 4.92 Å². The number of rotatable bonds is 3. The highest BCUT2D eigenvalue weighted by atomic mass is 35.5. The average Bonchev–Trinajstić information content (AvgIpc) is 2.32. The van der Waals surface area contributed by atoms with E-state index in [2.05, 4.69) is 17.1 Å². The van der Waals surface area contributed by atoms with E-state index in [0.29, 0.717) is 12.6 Å². The third-order valence-corrected chi connectivity index (χ3v) is 3.20. The van der Waals surface area contributed by atoms with Gasteiger partial charge in [-0.3, -0.25) is 15.0 Å². The van der Waals surface area contributed by atoms with Gasteiger partial charge >= 0.3 is 0 Å². The van der Waals surface area contributed by atoms with Gasteiger partial charge in [-0.25, -0.2) is 0 Å². The maximum absolute atomic E-state index is 10.9. The molecule has 2 rings (SSSR count). The Hall–Kier alpha value is -1.17. The summed E-state index contributed by atoms with van der Waals surface area (Å²) in [4.78, 5) is 12.9. The largest absolute Gasteiger partial charge is 0.314 e. The number of nitrogens with zero attached hydrogens (tertiary/aromatic N) is 2. The molecule has 1 aliphatic heterocycles. The molecule has 1 aromatic rings. The third kappa shape index (κ3) is 3.41. The molecule has 1 fully saturated rings. The van der Waals surface area contributed by atoms with Crippen LogP contribution in [0.25, 0.3) is 0 Å². The van der Waals surface area contributed by atoms with Gasteiger partial charge in [0.1, 0.15) is 0 Å². The zero-order valence-electron chi connectivity index (χ0n) is 10.3. The van der Waals surface area contributed by atoms with E-state index in [4.69, 9.17) is 0 Å². The van der Waals surface area contributed by atoms with E-state index in [1.807, 2.05) is 12.1 Å². The molecule has 1 atom stereocenters. The minimum atomic E-state index is -0.303. The van der Waals surface area contributed by atoms with Gasteiger partial charge in [0.05, 0.1) is 4.92 Å². The predicted octanol–water partition coefficient (Wildman–Crippen LogP) is 1.81. The first-order valence-corrected chi connectivity index (χ1v) is 5.85. The first-order valence-electron chi connectivity index (χ1n) is 5.85. The smallest absolute Gasteiger partial charge is 0.273 e. The van der Waals surface area contributed by atoms with Crippen LogP contribution in [0.2, 0.25) is 0 Å². The lowest BCUT2D eigenvalue weighted by Gasteiger charge is -2.33. The Morgan fingerprint density at radius 3 is 2.89 bits per heavy atom. The van der Waals surface area contributed by atoms with Crippen LogP contribution in [0.3, 0.4) is 0 Å². The zero-order chi connectivity index (χ0) is 12.3. The van der Waals surface area contributed by atoms with Gasteiger partial charge in [0.2, 0.25) is 0 Å². The lowest BCUT2D eigenvalue weighted by molar-refractivity contribution is -0.385. The summed E-state index contributed by atoms with van der Waals surface area (Å²) >= 11 is 0. The van der Waals surface area contributed by atoms with E-state index in [9.17, 15) is 10.1 Å². The lowest BCUT2D eigenvalue weighted by Crippen LogP contribution is -2.49. The number of nitro benzene ring substituents is 1. The fraction of sp³-hybridized carbons (Fsp3) is 0.500. The molecule has 1 heterocycles. The molecule has 1 aromatic carbocycles. The van der Waals surface area contributed by atoms with Crippen LogP contribution in [0.1, 0.15) is 12.5 Å². The Morgan fingerprint density at radius 1 is 1.50 bits per heavy atom. The molecule has 100 valence electrons. The molecule has 18 heavy (non-hydrogen) atoms. The Kier molecular flexibility index (Phi) is 5.53. The standard InChI is InChI=1S/C12H17N3O2.ClH/c1-10-8-13-6-7-14(10)9-11-4-2-3-5-12(11)15(16)17;/h2-5,10,13H,6-9H2,1H3;1H. The van der Waals surface area contributed by atoms with E-state index in [1.54, 1.807) is 12.1 Å². The first-order chi connectivity index (χ1) is 8.18. The highest BCUT2D eigenvalue weighted by Gasteiger charge is 2.21. The first kappa shape index (κ1) is 14.9. The number of piperazine rings is 1. The number of hydrogen-bond acceptors (Lipinski definition) is 4. The molecule has 0 bridgehead atoms. The van der Waals surface area contributed by atoms with Crippen LogP contribution in [-0.2, 0) is 6.54 Å². The number of halogens is 1. The summed E-state index contributed by atoms with van der Waals surface area (Å²) in [5.74, 6) is 0. The summed E-state index contributed by atoms with van der Waals surface area (Å²) in [5.41, 5.74) is 1.02. The molecular formula is C12H18ClN3O2. The summed E-state index contributed by atoms with van der Waals surface area (Å²) in [7, 11) is 0. The summed E-state index contributed by atoms with van der Waals surface area (Å²) in [6.07, 6.45) is 0. The van der Waals surface area contributed by atoms with Gasteiger partial charge in [-0.15, -0.1) is 12.4 Å². The number of para-hydroxylation sites is 1. The molecule has 0 aromatic heterocycles. The van der Waals surface area contributed by atoms with Crippen LogP contribution in [-0.4, -0.2) is 35.5 Å². The van der Waals surface area contributed by atoms with E-state index in [1.165, 1.54) is 0 Å². The van der Waals surface area contributed by atoms with E-state index < -0.39 is 0 Å². The predicted molar refractivity (Wildman–Crippen MR) is 73.1 cm³/mol. The molecule has 6 heteroatoms. The van der Waals surface area contributed by atoms with Crippen LogP contribution in [0, 0.1) is 10.1 Å². The number of benzene rings is 1. The van der Waals surface area contributed by atoms with Crippen molar-refractivity contribution in [2.45, 2.75) is 19.5 Å². The molecular weight excluding hydrogens is 254 g/mol. The SMILES string of the molecule is CC1CNCCN1Cc1ccccc1[N+](=O)[O-].Cl. The van der Waals surface area contributed by atoms with Gasteiger partial charge in [0.15, 0.2) is 0 Å². The second-order valence-electron chi connectivity index (χ2n) is 4.41. The van der Waals surface area contributed by atoms with Crippen molar-refractivity contribution in [1.29, 1.82) is 0 Å². The molecule has 0 saturated carbocycles. The van der Waals surface area contributed by atoms with Gasteiger partial charge in [0, 0.05) is 43.9 Å². The Morgan fingerprint density at radius 2 is 2.22 bits per heavy atom. The van der Waals surface area contributed by atoms with Crippen molar-refractivity contribution in [3.8, 4) is 0 Å². The maximum atomic E-state index is 10.9. The molecule has 1 aliphatic rings. The van der Waals surface area contributed by atoms with Gasteiger partial charge in [-0.1, -0.05) is 18.2 Å². The molecule has 1 N–H and O–H groups in total. The van der Waals surface area contributed by atoms with E-state index >= 15 is 0 Å². The van der Waals surface area contributed by atoms with Crippen LogP contribution in [0.4, 0.5) is 5.69 Å². The van der Waals surface area contributed by atoms with E-state index in [-0.39, 0.29) is 23.0 Å². The lowest BCUT2D eigenvalue weighted by atomic mass is 10.1. The second kappa shape index (κ2) is 6.68. The topological polar surface area (TPSA) is 58.4 Å². The highest BCUT2D eigenvalue weighted by Crippen LogP contribution is 2.20. The van der Waals surface area contributed by atoms with Crippen LogP contribution in [0.15, 0.2) is 24.3 Å². The van der Waals surface area contributed by atoms with Crippen LogP contribution in [0.5, 0.6) is 0 Å². The molecule has 5 nitrogen and oxygen atoms in total. The van der Waals surface area contributed by atoms with Gasteiger partial charge in [-0.2, -0.15) is 0 Å². The number of nitro groups is 1. The molecule has 0 aliphatic carbocycles. The van der Waals surface area contributed by atoms with Crippen LogP contribution >= 0.6 is 12.4 Å². The summed E-state index contributed by atoms with van der Waals surface area (Å²) in [5, 5.41) is 14.2. The minimum absolute atomic E-state index is 0. The normalized spacial score (nSPS) is 20.2.